The van der Waals surface area contributed by atoms with Crippen LogP contribution in [0.5, 0.6) is 5.75 Å². The van der Waals surface area contributed by atoms with Gasteiger partial charge in [0.25, 0.3) is 0 Å². The number of hydrogen-bond acceptors (Lipinski definition) is 4. The van der Waals surface area contributed by atoms with Gasteiger partial charge in [0.05, 0.1) is 22.7 Å². The molecule has 424 valence electrons. The summed E-state index contributed by atoms with van der Waals surface area (Å²) in [5.41, 5.74) is 25.8. The number of phenolic OH excluding ortho intramolecular Hbond substituents is 1. The molecule has 1 heterocycles. The molecule has 15 rings (SSSR count). The fourth-order valence-corrected chi connectivity index (χ4v) is 15.4. The molecule has 0 aliphatic heterocycles. The Morgan fingerprint density at radius 2 is 0.872 bits per heavy atom. The first kappa shape index (κ1) is 53.6. The number of phenols is 1. The van der Waals surface area contributed by atoms with E-state index in [4.69, 9.17) is 4.42 Å². The van der Waals surface area contributed by atoms with Crippen molar-refractivity contribution in [2.45, 2.75) is 118 Å². The standard InChI is InChI=1S/C82H74N2O2/c1-8-55-38-35-51(4)45-75(55)83(72-31-17-27-61(80(72)85)58-24-15-25-59(46-58)69-43-49(2)33-36-53(69)6)76-47-70(56-20-10-11-21-56)62-40-42-68-77(48-71(57-22-12-13-23-57)63-39-41-67(76)78(62)79(63)68)84(74-44-50(3)34-37-54(74)7)73-32-18-30-66-65-29-16-28-64(81(65)86-82(66)73)60-26-14-9-19-52(60)5/h9,14-19,24-48,56-57,85H,8,10-13,20-23H2,1-7H3. The van der Waals surface area contributed by atoms with Gasteiger partial charge in [0.2, 0.25) is 0 Å². The van der Waals surface area contributed by atoms with Crippen LogP contribution in [0, 0.1) is 41.5 Å². The van der Waals surface area contributed by atoms with Crippen LogP contribution >= 0.6 is 0 Å². The maximum absolute atomic E-state index is 13.3. The van der Waals surface area contributed by atoms with Gasteiger partial charge in [-0.05, 0) is 216 Å². The summed E-state index contributed by atoms with van der Waals surface area (Å²) in [6, 6.07) is 72.6. The van der Waals surface area contributed by atoms with Crippen molar-refractivity contribution < 1.29 is 9.52 Å². The van der Waals surface area contributed by atoms with E-state index >= 15 is 0 Å². The van der Waals surface area contributed by atoms with Crippen molar-refractivity contribution in [2.75, 3.05) is 9.80 Å². The van der Waals surface area contributed by atoms with Crippen molar-refractivity contribution in [2.24, 2.45) is 0 Å². The lowest BCUT2D eigenvalue weighted by Gasteiger charge is -2.33. The molecule has 4 heteroatoms. The summed E-state index contributed by atoms with van der Waals surface area (Å²) >= 11 is 0. The minimum absolute atomic E-state index is 0.267. The maximum Gasteiger partial charge on any atom is 0.159 e. The minimum atomic E-state index is 0.267. The van der Waals surface area contributed by atoms with Crippen LogP contribution in [-0.4, -0.2) is 5.11 Å². The van der Waals surface area contributed by atoms with Gasteiger partial charge in [-0.25, -0.2) is 0 Å². The summed E-state index contributed by atoms with van der Waals surface area (Å²) in [5.74, 6) is 1.07. The number of para-hydroxylation sites is 3. The van der Waals surface area contributed by atoms with Gasteiger partial charge in [0, 0.05) is 44.0 Å². The maximum atomic E-state index is 13.3. The van der Waals surface area contributed by atoms with Crippen molar-refractivity contribution >= 4 is 88.4 Å². The Bertz CT molecular complexity index is 4810. The Balaban J connectivity index is 1.03. The average molecular weight is 1120 g/mol. The van der Waals surface area contributed by atoms with E-state index in [9.17, 15) is 5.11 Å². The van der Waals surface area contributed by atoms with Crippen LogP contribution < -0.4 is 9.80 Å². The number of fused-ring (bicyclic) bond motifs is 3. The number of nitrogens with zero attached hydrogens (tertiary/aromatic N) is 2. The number of benzene rings is 12. The fraction of sp³-hybridized carbons (Fsp3) is 0.220. The molecule has 0 spiro atoms. The van der Waals surface area contributed by atoms with Crippen molar-refractivity contribution in [1.29, 1.82) is 0 Å². The van der Waals surface area contributed by atoms with Gasteiger partial charge in [-0.1, -0.05) is 190 Å². The third-order valence-corrected chi connectivity index (χ3v) is 19.8. The van der Waals surface area contributed by atoms with Crippen LogP contribution in [0.2, 0.25) is 0 Å². The van der Waals surface area contributed by atoms with Gasteiger partial charge in [-0.15, -0.1) is 0 Å². The summed E-state index contributed by atoms with van der Waals surface area (Å²) in [5, 5.41) is 23.2. The Morgan fingerprint density at radius 1 is 0.372 bits per heavy atom. The second kappa shape index (κ2) is 21.4. The molecule has 2 aliphatic rings. The minimum Gasteiger partial charge on any atom is -0.505 e. The summed E-state index contributed by atoms with van der Waals surface area (Å²) in [6.07, 6.45) is 10.3. The van der Waals surface area contributed by atoms with Crippen LogP contribution in [-0.2, 0) is 6.42 Å². The van der Waals surface area contributed by atoms with E-state index in [0.29, 0.717) is 11.8 Å². The van der Waals surface area contributed by atoms with E-state index in [2.05, 4.69) is 252 Å². The topological polar surface area (TPSA) is 39.9 Å². The first-order valence-corrected chi connectivity index (χ1v) is 31.6. The number of hydrogen-bond donors (Lipinski definition) is 1. The fourth-order valence-electron chi connectivity index (χ4n) is 15.4. The van der Waals surface area contributed by atoms with E-state index in [1.165, 1.54) is 125 Å². The summed E-state index contributed by atoms with van der Waals surface area (Å²) in [6.45, 7) is 15.5. The molecule has 1 N–H and O–H groups in total. The van der Waals surface area contributed by atoms with Gasteiger partial charge in [-0.3, -0.25) is 0 Å². The van der Waals surface area contributed by atoms with E-state index < -0.39 is 0 Å². The molecular weight excluding hydrogens is 1040 g/mol. The normalized spacial score (nSPS) is 14.1. The van der Waals surface area contributed by atoms with Crippen molar-refractivity contribution in [3.05, 3.63) is 244 Å². The summed E-state index contributed by atoms with van der Waals surface area (Å²) in [4.78, 5) is 5.01. The highest BCUT2D eigenvalue weighted by atomic mass is 16.3. The zero-order valence-electron chi connectivity index (χ0n) is 50.7. The molecule has 4 nitrogen and oxygen atoms in total. The smallest absolute Gasteiger partial charge is 0.159 e. The SMILES string of the molecule is CCc1ccc(C)cc1N(c1cccc(-c2cccc(-c3cc(C)ccc3C)c2)c1O)c1cc(C2CCCC2)c2ccc3c(N(c4cc(C)ccc4C)c4cccc5c4oc4c(-c6ccccc6C)cccc45)cc(C4CCCC4)c4ccc1c2c43. The molecular formula is C82H74N2O2. The zero-order valence-corrected chi connectivity index (χ0v) is 50.7. The molecule has 2 aliphatic carbocycles. The lowest BCUT2D eigenvalue weighted by molar-refractivity contribution is 0.478. The van der Waals surface area contributed by atoms with E-state index in [-0.39, 0.29) is 5.75 Å². The molecule has 2 saturated carbocycles. The summed E-state index contributed by atoms with van der Waals surface area (Å²) in [7, 11) is 0. The van der Waals surface area contributed by atoms with Crippen LogP contribution in [0.1, 0.15) is 120 Å². The molecule has 0 amide bonds. The first-order valence-electron chi connectivity index (χ1n) is 31.6. The average Bonchev–Trinajstić information content (AvgIpc) is 3.03. The summed E-state index contributed by atoms with van der Waals surface area (Å²) < 4.78 is 7.41. The van der Waals surface area contributed by atoms with Crippen LogP contribution in [0.3, 0.4) is 0 Å². The molecule has 12 aromatic carbocycles. The quantitative estimate of drug-likeness (QED) is 0.124. The Kier molecular flexibility index (Phi) is 13.4. The molecule has 0 bridgehead atoms. The van der Waals surface area contributed by atoms with Crippen LogP contribution in [0.15, 0.2) is 199 Å². The van der Waals surface area contributed by atoms with Crippen molar-refractivity contribution in [3.63, 3.8) is 0 Å². The van der Waals surface area contributed by atoms with Crippen molar-refractivity contribution in [1.82, 2.24) is 0 Å². The highest BCUT2D eigenvalue weighted by molar-refractivity contribution is 6.30. The number of aryl methyl sites for hydroxylation is 7. The van der Waals surface area contributed by atoms with Gasteiger partial charge >= 0.3 is 0 Å². The number of rotatable bonds is 12. The predicted molar refractivity (Wildman–Crippen MR) is 365 cm³/mol. The second-order valence-electron chi connectivity index (χ2n) is 25.3. The number of furan rings is 1. The largest absolute Gasteiger partial charge is 0.505 e. The molecule has 13 aromatic rings. The molecule has 0 unspecified atom stereocenters. The molecule has 0 atom stereocenters. The molecule has 2 fully saturated rings. The van der Waals surface area contributed by atoms with E-state index in [1.54, 1.807) is 0 Å². The Labute approximate surface area is 506 Å². The zero-order chi connectivity index (χ0) is 58.5. The highest BCUT2D eigenvalue weighted by Crippen LogP contribution is 2.56. The molecule has 0 radical (unpaired) electrons. The van der Waals surface area contributed by atoms with Gasteiger partial charge in [0.15, 0.2) is 5.58 Å². The lowest BCUT2D eigenvalue weighted by Crippen LogP contribution is -2.15. The third kappa shape index (κ3) is 8.85. The van der Waals surface area contributed by atoms with Crippen LogP contribution in [0.4, 0.5) is 34.1 Å². The third-order valence-electron chi connectivity index (χ3n) is 19.8. The molecule has 86 heavy (non-hydrogen) atoms. The highest BCUT2D eigenvalue weighted by Gasteiger charge is 2.32. The van der Waals surface area contributed by atoms with E-state index in [1.807, 2.05) is 0 Å². The predicted octanol–water partition coefficient (Wildman–Crippen LogP) is 23.9. The van der Waals surface area contributed by atoms with Gasteiger partial charge in [-0.2, -0.15) is 0 Å². The van der Waals surface area contributed by atoms with Gasteiger partial charge in [0.1, 0.15) is 11.3 Å². The molecule has 1 aromatic heterocycles. The number of aromatic hydroxyl groups is 1. The van der Waals surface area contributed by atoms with Gasteiger partial charge < -0.3 is 19.3 Å². The van der Waals surface area contributed by atoms with E-state index in [0.717, 1.165) is 105 Å². The lowest BCUT2D eigenvalue weighted by atomic mass is 9.82. The van der Waals surface area contributed by atoms with Crippen LogP contribution in [0.25, 0.3) is 87.6 Å². The second-order valence-corrected chi connectivity index (χ2v) is 25.3. The Morgan fingerprint density at radius 3 is 1.53 bits per heavy atom. The first-order chi connectivity index (χ1) is 42.0. The molecule has 0 saturated heterocycles. The number of anilines is 6. The Hall–Kier alpha value is -9.12. The monoisotopic (exact) mass is 1120 g/mol. The van der Waals surface area contributed by atoms with Crippen molar-refractivity contribution in [3.8, 4) is 39.1 Å².